The van der Waals surface area contributed by atoms with Crippen molar-refractivity contribution in [1.29, 1.82) is 0 Å². The first kappa shape index (κ1) is 13.9. The Bertz CT molecular complexity index is 705. The lowest BCUT2D eigenvalue weighted by atomic mass is 10.1. The molecule has 0 aliphatic carbocycles. The second-order valence-electron chi connectivity index (χ2n) is 5.58. The van der Waals surface area contributed by atoms with Crippen molar-refractivity contribution in [2.75, 3.05) is 26.2 Å². The van der Waals surface area contributed by atoms with Crippen LogP contribution >= 0.6 is 11.8 Å². The van der Waals surface area contributed by atoms with Gasteiger partial charge in [0, 0.05) is 41.5 Å². The Morgan fingerprint density at radius 1 is 0.909 bits per heavy atom. The van der Waals surface area contributed by atoms with Crippen LogP contribution in [0.5, 0.6) is 0 Å². The summed E-state index contributed by atoms with van der Waals surface area (Å²) < 4.78 is 0. The first-order valence-corrected chi connectivity index (χ1v) is 8.59. The number of nitrogens with one attached hydrogen (secondary N) is 1. The maximum absolute atomic E-state index is 4.99. The molecule has 0 bridgehead atoms. The molecule has 0 spiro atoms. The Hall–Kier alpha value is -1.78. The van der Waals surface area contributed by atoms with Crippen molar-refractivity contribution in [3.8, 4) is 0 Å². The Morgan fingerprint density at radius 3 is 2.50 bits per heavy atom. The third-order valence-electron chi connectivity index (χ3n) is 4.14. The summed E-state index contributed by atoms with van der Waals surface area (Å²) in [6, 6.07) is 17.2. The summed E-state index contributed by atoms with van der Waals surface area (Å²) in [5.74, 6) is 1.15. The standard InChI is InChI=1S/C18H19N3S/c1-3-7-16-14(5-1)13-20-18(21-11-9-19-10-12-21)15-6-2-4-8-17(15)22-16/h1-8,19H,9-13H2. The molecule has 2 aromatic carbocycles. The number of aliphatic imine (C=N–C) groups is 1. The average Bonchev–Trinajstić information content (AvgIpc) is 2.56. The van der Waals surface area contributed by atoms with Gasteiger partial charge < -0.3 is 10.2 Å². The van der Waals surface area contributed by atoms with Crippen molar-refractivity contribution in [3.05, 3.63) is 59.7 Å². The summed E-state index contributed by atoms with van der Waals surface area (Å²) >= 11 is 1.86. The maximum atomic E-state index is 4.99. The Balaban J connectivity index is 1.80. The van der Waals surface area contributed by atoms with Crippen molar-refractivity contribution in [1.82, 2.24) is 10.2 Å². The van der Waals surface area contributed by atoms with Crippen molar-refractivity contribution >= 4 is 17.6 Å². The highest BCUT2D eigenvalue weighted by atomic mass is 32.2. The van der Waals surface area contributed by atoms with Gasteiger partial charge in [0.1, 0.15) is 5.84 Å². The summed E-state index contributed by atoms with van der Waals surface area (Å²) in [5.41, 5.74) is 2.58. The minimum atomic E-state index is 0.761. The summed E-state index contributed by atoms with van der Waals surface area (Å²) in [6.45, 7) is 4.88. The molecule has 0 atom stereocenters. The van der Waals surface area contributed by atoms with Crippen LogP contribution in [0.15, 0.2) is 63.3 Å². The van der Waals surface area contributed by atoms with E-state index >= 15 is 0 Å². The van der Waals surface area contributed by atoms with Crippen LogP contribution in [0.4, 0.5) is 0 Å². The van der Waals surface area contributed by atoms with Crippen LogP contribution in [-0.2, 0) is 6.54 Å². The molecule has 0 unspecified atom stereocenters. The number of fused-ring (bicyclic) bond motifs is 2. The minimum absolute atomic E-state index is 0.761. The zero-order valence-corrected chi connectivity index (χ0v) is 13.3. The zero-order valence-electron chi connectivity index (χ0n) is 12.5. The van der Waals surface area contributed by atoms with Crippen LogP contribution in [0, 0.1) is 0 Å². The van der Waals surface area contributed by atoms with Crippen LogP contribution in [0.3, 0.4) is 0 Å². The minimum Gasteiger partial charge on any atom is -0.354 e. The number of amidine groups is 1. The molecular formula is C18H19N3S. The van der Waals surface area contributed by atoms with Crippen LogP contribution in [0.2, 0.25) is 0 Å². The molecule has 0 saturated carbocycles. The molecule has 3 nitrogen and oxygen atoms in total. The lowest BCUT2D eigenvalue weighted by Gasteiger charge is -2.32. The Labute approximate surface area is 135 Å². The summed E-state index contributed by atoms with van der Waals surface area (Å²) in [7, 11) is 0. The third kappa shape index (κ3) is 2.64. The lowest BCUT2D eigenvalue weighted by molar-refractivity contribution is 0.356. The van der Waals surface area contributed by atoms with Crippen molar-refractivity contribution < 1.29 is 0 Å². The van der Waals surface area contributed by atoms with Gasteiger partial charge in [-0.1, -0.05) is 48.2 Å². The summed E-state index contributed by atoms with van der Waals surface area (Å²) in [6.07, 6.45) is 0. The van der Waals surface area contributed by atoms with Crippen molar-refractivity contribution in [2.24, 2.45) is 4.99 Å². The SMILES string of the molecule is c1ccc2c(c1)CN=C(N1CCNCC1)c1ccccc1S2. The molecule has 112 valence electrons. The molecule has 1 fully saturated rings. The maximum Gasteiger partial charge on any atom is 0.132 e. The van der Waals surface area contributed by atoms with Gasteiger partial charge >= 0.3 is 0 Å². The van der Waals surface area contributed by atoms with Gasteiger partial charge in [-0.15, -0.1) is 0 Å². The van der Waals surface area contributed by atoms with Gasteiger partial charge in [0.15, 0.2) is 0 Å². The van der Waals surface area contributed by atoms with Crippen LogP contribution in [0.25, 0.3) is 0 Å². The zero-order chi connectivity index (χ0) is 14.8. The molecule has 4 rings (SSSR count). The number of rotatable bonds is 0. The van der Waals surface area contributed by atoms with E-state index in [0.717, 1.165) is 38.6 Å². The van der Waals surface area contributed by atoms with E-state index in [4.69, 9.17) is 4.99 Å². The van der Waals surface area contributed by atoms with Gasteiger partial charge in [-0.25, -0.2) is 0 Å². The highest BCUT2D eigenvalue weighted by Gasteiger charge is 2.21. The fraction of sp³-hybridized carbons (Fsp3) is 0.278. The molecule has 2 aliphatic heterocycles. The molecular weight excluding hydrogens is 290 g/mol. The fourth-order valence-electron chi connectivity index (χ4n) is 2.99. The highest BCUT2D eigenvalue weighted by Crippen LogP contribution is 2.35. The summed E-state index contributed by atoms with van der Waals surface area (Å²) in [5, 5.41) is 3.42. The third-order valence-corrected chi connectivity index (χ3v) is 5.33. The van der Waals surface area contributed by atoms with E-state index in [2.05, 4.69) is 58.7 Å². The first-order chi connectivity index (χ1) is 10.9. The first-order valence-electron chi connectivity index (χ1n) is 7.77. The molecule has 1 saturated heterocycles. The number of nitrogens with zero attached hydrogens (tertiary/aromatic N) is 2. The second kappa shape index (κ2) is 6.15. The number of piperazine rings is 1. The second-order valence-corrected chi connectivity index (χ2v) is 6.67. The van der Waals surface area contributed by atoms with Gasteiger partial charge in [-0.3, -0.25) is 4.99 Å². The largest absolute Gasteiger partial charge is 0.354 e. The summed E-state index contributed by atoms with van der Waals surface area (Å²) in [4.78, 5) is 10.0. The van der Waals surface area contributed by atoms with E-state index in [9.17, 15) is 0 Å². The topological polar surface area (TPSA) is 27.6 Å². The predicted molar refractivity (Wildman–Crippen MR) is 91.7 cm³/mol. The van der Waals surface area contributed by atoms with Crippen molar-refractivity contribution in [2.45, 2.75) is 16.3 Å². The Morgan fingerprint density at radius 2 is 1.64 bits per heavy atom. The molecule has 1 N–H and O–H groups in total. The van der Waals surface area contributed by atoms with E-state index in [1.807, 2.05) is 11.8 Å². The number of hydrogen-bond donors (Lipinski definition) is 1. The molecule has 0 aromatic heterocycles. The Kier molecular flexibility index (Phi) is 3.87. The van der Waals surface area contributed by atoms with Crippen molar-refractivity contribution in [3.63, 3.8) is 0 Å². The van der Waals surface area contributed by atoms with E-state index in [-0.39, 0.29) is 0 Å². The van der Waals surface area contributed by atoms with Gasteiger partial charge in [0.25, 0.3) is 0 Å². The van der Waals surface area contributed by atoms with Gasteiger partial charge in [0.2, 0.25) is 0 Å². The lowest BCUT2D eigenvalue weighted by Crippen LogP contribution is -2.47. The molecule has 0 radical (unpaired) electrons. The van der Waals surface area contributed by atoms with Crippen LogP contribution in [-0.4, -0.2) is 36.9 Å². The van der Waals surface area contributed by atoms with Gasteiger partial charge in [-0.2, -0.15) is 0 Å². The fourth-order valence-corrected chi connectivity index (χ4v) is 4.05. The molecule has 2 aromatic rings. The van der Waals surface area contributed by atoms with E-state index in [0.29, 0.717) is 0 Å². The normalized spacial score (nSPS) is 17.8. The van der Waals surface area contributed by atoms with Gasteiger partial charge in [0.05, 0.1) is 6.54 Å². The van der Waals surface area contributed by atoms with E-state index in [1.165, 1.54) is 20.9 Å². The van der Waals surface area contributed by atoms with E-state index < -0.39 is 0 Å². The van der Waals surface area contributed by atoms with Crippen LogP contribution < -0.4 is 5.32 Å². The molecule has 22 heavy (non-hydrogen) atoms. The molecule has 2 aliphatic rings. The van der Waals surface area contributed by atoms with Gasteiger partial charge in [-0.05, 0) is 17.7 Å². The molecule has 0 amide bonds. The highest BCUT2D eigenvalue weighted by molar-refractivity contribution is 7.99. The number of hydrogen-bond acceptors (Lipinski definition) is 4. The smallest absolute Gasteiger partial charge is 0.132 e. The molecule has 2 heterocycles. The van der Waals surface area contributed by atoms with Crippen LogP contribution in [0.1, 0.15) is 11.1 Å². The number of benzene rings is 2. The molecule has 4 heteroatoms. The average molecular weight is 309 g/mol. The quantitative estimate of drug-likeness (QED) is 0.811. The monoisotopic (exact) mass is 309 g/mol. The van der Waals surface area contributed by atoms with E-state index in [1.54, 1.807) is 0 Å². The predicted octanol–water partition coefficient (Wildman–Crippen LogP) is 3.00.